The van der Waals surface area contributed by atoms with Crippen molar-refractivity contribution in [1.82, 2.24) is 0 Å². The van der Waals surface area contributed by atoms with Gasteiger partial charge in [0.15, 0.2) is 0 Å². The Kier molecular flexibility index (Phi) is 6.09. The van der Waals surface area contributed by atoms with E-state index in [1.165, 1.54) is 16.4 Å². The van der Waals surface area contributed by atoms with Crippen molar-refractivity contribution in [2.24, 2.45) is 5.92 Å². The van der Waals surface area contributed by atoms with E-state index in [0.29, 0.717) is 6.42 Å². The zero-order valence-corrected chi connectivity index (χ0v) is 11.9. The van der Waals surface area contributed by atoms with Gasteiger partial charge in [0.25, 0.3) is 0 Å². The van der Waals surface area contributed by atoms with Gasteiger partial charge in [-0.15, -0.1) is 6.58 Å². The SMILES string of the molecule is C=CC[C@@H]1CC(=O)O[C@@H]1/C(I)=C/CCCC. The minimum absolute atomic E-state index is 0.0250. The molecule has 0 amide bonds. The van der Waals surface area contributed by atoms with Crippen LogP contribution in [-0.4, -0.2) is 12.1 Å². The first-order valence-electron chi connectivity index (χ1n) is 5.85. The Balaban J connectivity index is 2.58. The normalized spacial score (nSPS) is 25.6. The third-order valence-corrected chi connectivity index (χ3v) is 3.81. The molecule has 0 spiro atoms. The number of hydrogen-bond donors (Lipinski definition) is 0. The molecule has 1 fully saturated rings. The topological polar surface area (TPSA) is 26.3 Å². The van der Waals surface area contributed by atoms with Crippen LogP contribution in [0, 0.1) is 5.92 Å². The van der Waals surface area contributed by atoms with Crippen molar-refractivity contribution >= 4 is 28.6 Å². The van der Waals surface area contributed by atoms with Crippen LogP contribution in [0.25, 0.3) is 0 Å². The Morgan fingerprint density at radius 1 is 1.69 bits per heavy atom. The Bertz CT molecular complexity index is 284. The summed E-state index contributed by atoms with van der Waals surface area (Å²) < 4.78 is 6.53. The van der Waals surface area contributed by atoms with Crippen LogP contribution in [0.15, 0.2) is 22.3 Å². The standard InChI is InChI=1S/C13H19IO2/c1-3-5-6-8-11(14)13-10(7-4-2)9-12(15)16-13/h4,8,10,13H,2-3,5-7,9H2,1H3/b11-8-/t10-,13+/m1/s1. The highest BCUT2D eigenvalue weighted by atomic mass is 127. The zero-order chi connectivity index (χ0) is 12.0. The number of carbonyl (C=O) groups is 1. The van der Waals surface area contributed by atoms with Crippen LogP contribution in [0.2, 0.25) is 0 Å². The van der Waals surface area contributed by atoms with Gasteiger partial charge in [-0.3, -0.25) is 4.79 Å². The van der Waals surface area contributed by atoms with Crippen molar-refractivity contribution in [1.29, 1.82) is 0 Å². The summed E-state index contributed by atoms with van der Waals surface area (Å²) in [5.41, 5.74) is 0. The van der Waals surface area contributed by atoms with Crippen LogP contribution < -0.4 is 0 Å². The van der Waals surface area contributed by atoms with Crippen LogP contribution in [-0.2, 0) is 9.53 Å². The van der Waals surface area contributed by atoms with E-state index in [-0.39, 0.29) is 18.0 Å². The monoisotopic (exact) mass is 334 g/mol. The summed E-state index contributed by atoms with van der Waals surface area (Å²) in [5, 5.41) is 0. The van der Waals surface area contributed by atoms with E-state index in [2.05, 4.69) is 42.2 Å². The predicted octanol–water partition coefficient (Wildman–Crippen LogP) is 4.00. The molecule has 90 valence electrons. The van der Waals surface area contributed by atoms with Gasteiger partial charge in [-0.1, -0.05) is 31.9 Å². The minimum atomic E-state index is -0.0742. The minimum Gasteiger partial charge on any atom is -0.457 e. The van der Waals surface area contributed by atoms with Crippen molar-refractivity contribution in [3.05, 3.63) is 22.3 Å². The molecule has 0 aliphatic carbocycles. The average Bonchev–Trinajstić information content (AvgIpc) is 2.60. The summed E-state index contributed by atoms with van der Waals surface area (Å²) in [7, 11) is 0. The number of allylic oxidation sites excluding steroid dienone is 2. The van der Waals surface area contributed by atoms with Gasteiger partial charge in [0.2, 0.25) is 0 Å². The van der Waals surface area contributed by atoms with E-state index in [4.69, 9.17) is 4.74 Å². The van der Waals surface area contributed by atoms with E-state index < -0.39 is 0 Å². The van der Waals surface area contributed by atoms with Crippen molar-refractivity contribution in [3.63, 3.8) is 0 Å². The third-order valence-electron chi connectivity index (χ3n) is 2.75. The van der Waals surface area contributed by atoms with Gasteiger partial charge >= 0.3 is 5.97 Å². The number of halogens is 1. The van der Waals surface area contributed by atoms with E-state index in [1.54, 1.807) is 0 Å². The van der Waals surface area contributed by atoms with Gasteiger partial charge < -0.3 is 4.74 Å². The van der Waals surface area contributed by atoms with Crippen molar-refractivity contribution in [3.8, 4) is 0 Å². The molecule has 0 N–H and O–H groups in total. The molecule has 0 aromatic heterocycles. The molecule has 16 heavy (non-hydrogen) atoms. The fraction of sp³-hybridized carbons (Fsp3) is 0.615. The van der Waals surface area contributed by atoms with Crippen LogP contribution in [0.1, 0.15) is 39.0 Å². The highest BCUT2D eigenvalue weighted by Crippen LogP contribution is 2.33. The van der Waals surface area contributed by atoms with E-state index in [0.717, 1.165) is 12.8 Å². The van der Waals surface area contributed by atoms with Gasteiger partial charge in [0.05, 0.1) is 6.42 Å². The summed E-state index contributed by atoms with van der Waals surface area (Å²) in [4.78, 5) is 11.3. The van der Waals surface area contributed by atoms with Gasteiger partial charge in [-0.2, -0.15) is 0 Å². The highest BCUT2D eigenvalue weighted by molar-refractivity contribution is 14.1. The molecule has 0 aromatic carbocycles. The second-order valence-electron chi connectivity index (χ2n) is 4.13. The molecule has 3 heteroatoms. The molecule has 1 heterocycles. The fourth-order valence-electron chi connectivity index (χ4n) is 1.87. The Labute approximate surface area is 111 Å². The molecule has 1 rings (SSSR count). The Morgan fingerprint density at radius 2 is 2.44 bits per heavy atom. The average molecular weight is 334 g/mol. The Morgan fingerprint density at radius 3 is 3.06 bits per heavy atom. The molecule has 1 aliphatic heterocycles. The van der Waals surface area contributed by atoms with Crippen LogP contribution in [0.5, 0.6) is 0 Å². The molecule has 0 unspecified atom stereocenters. The highest BCUT2D eigenvalue weighted by Gasteiger charge is 2.35. The fourth-order valence-corrected chi connectivity index (χ4v) is 2.82. The maximum atomic E-state index is 11.3. The van der Waals surface area contributed by atoms with Gasteiger partial charge in [0.1, 0.15) is 6.10 Å². The maximum absolute atomic E-state index is 11.3. The number of esters is 1. The predicted molar refractivity (Wildman–Crippen MR) is 74.4 cm³/mol. The number of carbonyl (C=O) groups excluding carboxylic acids is 1. The summed E-state index contributed by atoms with van der Waals surface area (Å²) in [6.07, 6.45) is 8.89. The number of ether oxygens (including phenoxy) is 1. The lowest BCUT2D eigenvalue weighted by molar-refractivity contribution is -0.140. The zero-order valence-electron chi connectivity index (χ0n) is 9.75. The molecular weight excluding hydrogens is 315 g/mol. The molecule has 1 saturated heterocycles. The molecule has 0 aromatic rings. The molecule has 0 bridgehead atoms. The van der Waals surface area contributed by atoms with Crippen LogP contribution in [0.4, 0.5) is 0 Å². The summed E-state index contributed by atoms with van der Waals surface area (Å²) in [6, 6.07) is 0. The maximum Gasteiger partial charge on any atom is 0.306 e. The van der Waals surface area contributed by atoms with Crippen molar-refractivity contribution in [2.75, 3.05) is 0 Å². The number of cyclic esters (lactones) is 1. The number of rotatable bonds is 6. The summed E-state index contributed by atoms with van der Waals surface area (Å²) in [6.45, 7) is 5.91. The number of hydrogen-bond acceptors (Lipinski definition) is 2. The molecule has 2 atom stereocenters. The summed E-state index contributed by atoms with van der Waals surface area (Å²) in [5.74, 6) is 0.213. The smallest absolute Gasteiger partial charge is 0.306 e. The van der Waals surface area contributed by atoms with E-state index in [9.17, 15) is 4.79 Å². The van der Waals surface area contributed by atoms with Crippen molar-refractivity contribution in [2.45, 2.75) is 45.1 Å². The lowest BCUT2D eigenvalue weighted by Gasteiger charge is -2.15. The number of unbranched alkanes of at least 4 members (excludes halogenated alkanes) is 2. The van der Waals surface area contributed by atoms with E-state index in [1.807, 2.05) is 6.08 Å². The first-order valence-corrected chi connectivity index (χ1v) is 6.92. The quantitative estimate of drug-likeness (QED) is 0.318. The van der Waals surface area contributed by atoms with Gasteiger partial charge in [0, 0.05) is 9.50 Å². The lowest BCUT2D eigenvalue weighted by Crippen LogP contribution is -2.15. The summed E-state index contributed by atoms with van der Waals surface area (Å²) >= 11 is 2.30. The largest absolute Gasteiger partial charge is 0.457 e. The van der Waals surface area contributed by atoms with Gasteiger partial charge in [-0.25, -0.2) is 0 Å². The molecule has 0 saturated carbocycles. The van der Waals surface area contributed by atoms with Crippen LogP contribution in [0.3, 0.4) is 0 Å². The molecule has 0 radical (unpaired) electrons. The second-order valence-corrected chi connectivity index (χ2v) is 5.38. The van der Waals surface area contributed by atoms with Gasteiger partial charge in [-0.05, 0) is 35.4 Å². The molecule has 1 aliphatic rings. The first-order chi connectivity index (χ1) is 7.69. The lowest BCUT2D eigenvalue weighted by atomic mass is 9.97. The molecule has 2 nitrogen and oxygen atoms in total. The van der Waals surface area contributed by atoms with E-state index >= 15 is 0 Å². The third kappa shape index (κ3) is 3.92. The second kappa shape index (κ2) is 7.09. The van der Waals surface area contributed by atoms with Crippen LogP contribution >= 0.6 is 22.6 Å². The molecular formula is C13H19IO2. The van der Waals surface area contributed by atoms with Crippen molar-refractivity contribution < 1.29 is 9.53 Å². The Hall–Kier alpha value is -0.320. The first kappa shape index (κ1) is 13.7.